The molecule has 4 aromatic rings. The van der Waals surface area contributed by atoms with Crippen molar-refractivity contribution in [3.05, 3.63) is 54.1 Å². The lowest BCUT2D eigenvalue weighted by Crippen LogP contribution is -2.34. The largest absolute Gasteiger partial charge is 0.357 e. The summed E-state index contributed by atoms with van der Waals surface area (Å²) >= 11 is 0. The van der Waals surface area contributed by atoms with Gasteiger partial charge in [-0.05, 0) is 57.2 Å². The van der Waals surface area contributed by atoms with Crippen LogP contribution in [0, 0.1) is 6.92 Å². The molecule has 0 N–H and O–H groups in total. The van der Waals surface area contributed by atoms with Crippen LogP contribution in [0.2, 0.25) is 0 Å². The normalized spacial score (nSPS) is 19.6. The van der Waals surface area contributed by atoms with Gasteiger partial charge in [0.1, 0.15) is 18.0 Å². The van der Waals surface area contributed by atoms with E-state index in [0.29, 0.717) is 0 Å². The van der Waals surface area contributed by atoms with E-state index in [1.165, 1.54) is 31.2 Å². The molecule has 7 nitrogen and oxygen atoms in total. The van der Waals surface area contributed by atoms with Crippen LogP contribution in [0.25, 0.3) is 16.6 Å². The van der Waals surface area contributed by atoms with Gasteiger partial charge in [-0.3, -0.25) is 0 Å². The quantitative estimate of drug-likeness (QED) is 0.499. The Morgan fingerprint density at radius 2 is 1.81 bits per heavy atom. The van der Waals surface area contributed by atoms with Crippen molar-refractivity contribution in [3.8, 4) is 0 Å². The van der Waals surface area contributed by atoms with Gasteiger partial charge >= 0.3 is 0 Å². The molecule has 0 bridgehead atoms. The fourth-order valence-electron chi connectivity index (χ4n) is 5.05. The molecule has 0 aliphatic carbocycles. The number of aryl methyl sites for hydroxylation is 1. The average molecular weight is 414 g/mol. The van der Waals surface area contributed by atoms with Gasteiger partial charge in [-0.1, -0.05) is 11.6 Å². The Morgan fingerprint density at radius 3 is 2.71 bits per heavy atom. The maximum absolute atomic E-state index is 4.93. The second kappa shape index (κ2) is 7.48. The van der Waals surface area contributed by atoms with Gasteiger partial charge in [-0.2, -0.15) is 5.10 Å². The Morgan fingerprint density at radius 1 is 0.935 bits per heavy atom. The number of nitrogens with zero attached hydrogens (tertiary/aromatic N) is 7. The predicted molar refractivity (Wildman–Crippen MR) is 123 cm³/mol. The molecule has 1 unspecified atom stereocenters. The molecule has 2 aliphatic rings. The highest BCUT2D eigenvalue weighted by Crippen LogP contribution is 2.37. The van der Waals surface area contributed by atoms with Crippen LogP contribution in [0.4, 0.5) is 11.6 Å². The van der Waals surface area contributed by atoms with E-state index in [9.17, 15) is 0 Å². The van der Waals surface area contributed by atoms with Crippen molar-refractivity contribution in [1.82, 2.24) is 24.6 Å². The SMILES string of the molecule is Cc1ccc2ncnc(N3CCCCC3c3cc4nc(N5CCCC5)ccn4n3)c2c1. The Balaban J connectivity index is 1.40. The topological polar surface area (TPSA) is 62.5 Å². The smallest absolute Gasteiger partial charge is 0.157 e. The Kier molecular flexibility index (Phi) is 4.47. The van der Waals surface area contributed by atoms with Gasteiger partial charge < -0.3 is 9.80 Å². The molecule has 0 spiro atoms. The third-order valence-corrected chi connectivity index (χ3v) is 6.64. The van der Waals surface area contributed by atoms with Crippen LogP contribution in [0.3, 0.4) is 0 Å². The number of anilines is 2. The first-order chi connectivity index (χ1) is 15.3. The highest BCUT2D eigenvalue weighted by molar-refractivity contribution is 5.90. The van der Waals surface area contributed by atoms with Gasteiger partial charge in [-0.25, -0.2) is 19.5 Å². The summed E-state index contributed by atoms with van der Waals surface area (Å²) in [6.45, 7) is 5.29. The summed E-state index contributed by atoms with van der Waals surface area (Å²) in [4.78, 5) is 18.9. The number of rotatable bonds is 3. The number of aromatic nitrogens is 5. The van der Waals surface area contributed by atoms with Gasteiger partial charge in [0.15, 0.2) is 5.65 Å². The lowest BCUT2D eigenvalue weighted by atomic mass is 9.98. The van der Waals surface area contributed by atoms with Gasteiger partial charge in [0.05, 0.1) is 17.3 Å². The van der Waals surface area contributed by atoms with Crippen LogP contribution in [0.5, 0.6) is 0 Å². The van der Waals surface area contributed by atoms with E-state index in [2.05, 4.69) is 58.2 Å². The van der Waals surface area contributed by atoms with E-state index in [4.69, 9.17) is 15.1 Å². The predicted octanol–water partition coefficient (Wildman–Crippen LogP) is 4.31. The molecule has 2 fully saturated rings. The van der Waals surface area contributed by atoms with Gasteiger partial charge in [-0.15, -0.1) is 0 Å². The van der Waals surface area contributed by atoms with E-state index in [-0.39, 0.29) is 6.04 Å². The zero-order valence-corrected chi connectivity index (χ0v) is 17.9. The van der Waals surface area contributed by atoms with Crippen molar-refractivity contribution >= 4 is 28.2 Å². The van der Waals surface area contributed by atoms with Crippen LogP contribution in [0.1, 0.15) is 49.4 Å². The van der Waals surface area contributed by atoms with Crippen molar-refractivity contribution in [2.45, 2.75) is 45.1 Å². The summed E-state index contributed by atoms with van der Waals surface area (Å²) in [6.07, 6.45) is 9.67. The average Bonchev–Trinajstić information content (AvgIpc) is 3.48. The first-order valence-corrected chi connectivity index (χ1v) is 11.4. The van der Waals surface area contributed by atoms with Crippen molar-refractivity contribution < 1.29 is 0 Å². The van der Waals surface area contributed by atoms with Crippen LogP contribution in [0.15, 0.2) is 42.9 Å². The summed E-state index contributed by atoms with van der Waals surface area (Å²) in [6, 6.07) is 10.8. The van der Waals surface area contributed by atoms with E-state index in [1.54, 1.807) is 6.33 Å². The number of fused-ring (bicyclic) bond motifs is 2. The highest BCUT2D eigenvalue weighted by Gasteiger charge is 2.29. The second-order valence-electron chi connectivity index (χ2n) is 8.77. The first kappa shape index (κ1) is 18.5. The van der Waals surface area contributed by atoms with Crippen LogP contribution < -0.4 is 9.80 Å². The van der Waals surface area contributed by atoms with E-state index >= 15 is 0 Å². The minimum Gasteiger partial charge on any atom is -0.357 e. The van der Waals surface area contributed by atoms with Crippen molar-refractivity contribution in [3.63, 3.8) is 0 Å². The minimum absolute atomic E-state index is 0.198. The molecule has 1 atom stereocenters. The van der Waals surface area contributed by atoms with E-state index < -0.39 is 0 Å². The number of piperidine rings is 1. The summed E-state index contributed by atoms with van der Waals surface area (Å²) in [5.74, 6) is 2.08. The number of hydrogen-bond donors (Lipinski definition) is 0. The molecule has 31 heavy (non-hydrogen) atoms. The molecular weight excluding hydrogens is 386 g/mol. The Bertz CT molecular complexity index is 1240. The zero-order valence-electron chi connectivity index (χ0n) is 17.9. The van der Waals surface area contributed by atoms with Crippen molar-refractivity contribution in [2.75, 3.05) is 29.4 Å². The van der Waals surface area contributed by atoms with Crippen LogP contribution in [-0.2, 0) is 0 Å². The van der Waals surface area contributed by atoms with E-state index in [0.717, 1.165) is 59.9 Å². The highest BCUT2D eigenvalue weighted by atomic mass is 15.3. The summed E-state index contributed by atoms with van der Waals surface area (Å²) in [5.41, 5.74) is 4.22. The molecule has 7 heteroatoms. The monoisotopic (exact) mass is 413 g/mol. The molecule has 0 radical (unpaired) electrons. The molecule has 2 aliphatic heterocycles. The van der Waals surface area contributed by atoms with Crippen molar-refractivity contribution in [2.24, 2.45) is 0 Å². The van der Waals surface area contributed by atoms with Crippen LogP contribution >= 0.6 is 0 Å². The molecule has 3 aromatic heterocycles. The Hall–Kier alpha value is -3.22. The molecule has 0 saturated carbocycles. The number of benzene rings is 1. The summed E-state index contributed by atoms with van der Waals surface area (Å²) in [5, 5.41) is 6.05. The summed E-state index contributed by atoms with van der Waals surface area (Å²) in [7, 11) is 0. The molecule has 158 valence electrons. The molecule has 1 aromatic carbocycles. The maximum atomic E-state index is 4.93. The molecule has 6 rings (SSSR count). The maximum Gasteiger partial charge on any atom is 0.157 e. The summed E-state index contributed by atoms with van der Waals surface area (Å²) < 4.78 is 1.92. The van der Waals surface area contributed by atoms with Gasteiger partial charge in [0, 0.05) is 37.3 Å². The zero-order chi connectivity index (χ0) is 20.8. The number of hydrogen-bond acceptors (Lipinski definition) is 6. The fraction of sp³-hybridized carbons (Fsp3) is 0.417. The molecule has 2 saturated heterocycles. The van der Waals surface area contributed by atoms with Gasteiger partial charge in [0.25, 0.3) is 0 Å². The minimum atomic E-state index is 0.198. The first-order valence-electron chi connectivity index (χ1n) is 11.4. The lowest BCUT2D eigenvalue weighted by Gasteiger charge is -2.36. The van der Waals surface area contributed by atoms with Gasteiger partial charge in [0.2, 0.25) is 0 Å². The standard InChI is InChI=1S/C24H27N7/c1-17-7-8-19-18(14-17)24(26-16-25-19)30-12-3-2-6-21(30)20-15-23-27-22(9-13-31(23)28-20)29-10-4-5-11-29/h7-9,13-16,21H,2-6,10-12H2,1H3. The third-order valence-electron chi connectivity index (χ3n) is 6.64. The van der Waals surface area contributed by atoms with Crippen molar-refractivity contribution in [1.29, 1.82) is 0 Å². The van der Waals surface area contributed by atoms with Crippen LogP contribution in [-0.4, -0.2) is 44.2 Å². The molecule has 0 amide bonds. The third kappa shape index (κ3) is 3.28. The lowest BCUT2D eigenvalue weighted by molar-refractivity contribution is 0.461. The molecular formula is C24H27N7. The van der Waals surface area contributed by atoms with E-state index in [1.807, 2.05) is 4.52 Å². The molecule has 5 heterocycles. The fourth-order valence-corrected chi connectivity index (χ4v) is 5.05. The second-order valence-corrected chi connectivity index (χ2v) is 8.77. The Labute approximate surface area is 181 Å².